The summed E-state index contributed by atoms with van der Waals surface area (Å²) in [5.74, 6) is 0. The van der Waals surface area contributed by atoms with E-state index in [1.165, 1.54) is 36.8 Å². The van der Waals surface area contributed by atoms with Gasteiger partial charge in [0.25, 0.3) is 0 Å². The summed E-state index contributed by atoms with van der Waals surface area (Å²) < 4.78 is 0. The van der Waals surface area contributed by atoms with Crippen LogP contribution in [0, 0.1) is 0 Å². The van der Waals surface area contributed by atoms with Gasteiger partial charge in [0.15, 0.2) is 0 Å². The summed E-state index contributed by atoms with van der Waals surface area (Å²) >= 11 is 0. The fourth-order valence-electron chi connectivity index (χ4n) is 2.22. The van der Waals surface area contributed by atoms with Gasteiger partial charge in [-0.05, 0) is 48.8 Å². The van der Waals surface area contributed by atoms with Crippen LogP contribution in [0.25, 0.3) is 0 Å². The molecule has 2 N–H and O–H groups in total. The van der Waals surface area contributed by atoms with Crippen LogP contribution < -0.4 is 5.73 Å². The summed E-state index contributed by atoms with van der Waals surface area (Å²) in [7, 11) is 0. The van der Waals surface area contributed by atoms with E-state index in [1.807, 2.05) is 0 Å². The maximum Gasteiger partial charge on any atom is 0.0292 e. The number of rotatable bonds is 2. The molecule has 0 aromatic heterocycles. The molecule has 1 atom stereocenters. The highest BCUT2D eigenvalue weighted by Gasteiger charge is 2.11. The van der Waals surface area contributed by atoms with Gasteiger partial charge in [0.05, 0.1) is 0 Å². The molecule has 0 radical (unpaired) electrons. The standard InChI is InChI=1S/C13H19N/c1-2-13(14)12-8-7-10-5-3-4-6-11(10)9-12/h7-9,13H,2-6,14H2,1H3/t13-/m1/s1. The molecule has 14 heavy (non-hydrogen) atoms. The zero-order valence-electron chi connectivity index (χ0n) is 8.92. The first-order chi connectivity index (χ1) is 6.81. The lowest BCUT2D eigenvalue weighted by Crippen LogP contribution is -2.11. The lowest BCUT2D eigenvalue weighted by Gasteiger charge is -2.18. The average molecular weight is 189 g/mol. The normalized spacial score (nSPS) is 17.6. The van der Waals surface area contributed by atoms with Gasteiger partial charge in [-0.1, -0.05) is 25.1 Å². The van der Waals surface area contributed by atoms with Crippen molar-refractivity contribution in [3.8, 4) is 0 Å². The second-order valence-electron chi connectivity index (χ2n) is 4.25. The SMILES string of the molecule is CC[C@@H](N)c1ccc2c(c1)CCCC2. The first-order valence-electron chi connectivity index (χ1n) is 5.68. The third kappa shape index (κ3) is 1.83. The molecule has 1 heteroatoms. The quantitative estimate of drug-likeness (QED) is 0.760. The minimum atomic E-state index is 0.224. The van der Waals surface area contributed by atoms with Gasteiger partial charge in [-0.25, -0.2) is 0 Å². The van der Waals surface area contributed by atoms with Crippen LogP contribution >= 0.6 is 0 Å². The molecular weight excluding hydrogens is 170 g/mol. The van der Waals surface area contributed by atoms with Crippen LogP contribution in [0.15, 0.2) is 18.2 Å². The van der Waals surface area contributed by atoms with Gasteiger partial charge in [-0.2, -0.15) is 0 Å². The van der Waals surface area contributed by atoms with Crippen molar-refractivity contribution in [2.24, 2.45) is 5.73 Å². The molecule has 0 heterocycles. The molecule has 0 fully saturated rings. The zero-order chi connectivity index (χ0) is 9.97. The second kappa shape index (κ2) is 4.14. The third-order valence-electron chi connectivity index (χ3n) is 3.24. The first kappa shape index (κ1) is 9.72. The molecule has 1 aliphatic carbocycles. The van der Waals surface area contributed by atoms with Crippen LogP contribution in [-0.2, 0) is 12.8 Å². The predicted molar refractivity (Wildman–Crippen MR) is 60.3 cm³/mol. The monoisotopic (exact) mass is 189 g/mol. The van der Waals surface area contributed by atoms with Gasteiger partial charge in [0.1, 0.15) is 0 Å². The van der Waals surface area contributed by atoms with Gasteiger partial charge in [0.2, 0.25) is 0 Å². The highest BCUT2D eigenvalue weighted by molar-refractivity contribution is 5.35. The van der Waals surface area contributed by atoms with Gasteiger partial charge in [-0.15, -0.1) is 0 Å². The number of fused-ring (bicyclic) bond motifs is 1. The van der Waals surface area contributed by atoms with Crippen molar-refractivity contribution in [2.75, 3.05) is 0 Å². The molecular formula is C13H19N. The lowest BCUT2D eigenvalue weighted by molar-refractivity contribution is 0.669. The molecule has 1 aromatic rings. The van der Waals surface area contributed by atoms with E-state index in [2.05, 4.69) is 25.1 Å². The Hall–Kier alpha value is -0.820. The van der Waals surface area contributed by atoms with Crippen molar-refractivity contribution in [2.45, 2.75) is 45.1 Å². The Balaban J connectivity index is 2.29. The Morgan fingerprint density at radius 3 is 2.64 bits per heavy atom. The maximum absolute atomic E-state index is 6.03. The van der Waals surface area contributed by atoms with Gasteiger partial charge in [-0.3, -0.25) is 0 Å². The van der Waals surface area contributed by atoms with E-state index in [1.54, 1.807) is 5.56 Å². The maximum atomic E-state index is 6.03. The molecule has 1 aliphatic rings. The van der Waals surface area contributed by atoms with Crippen LogP contribution in [0.1, 0.15) is 48.9 Å². The fraction of sp³-hybridized carbons (Fsp3) is 0.538. The van der Waals surface area contributed by atoms with E-state index in [9.17, 15) is 0 Å². The Morgan fingerprint density at radius 2 is 1.93 bits per heavy atom. The summed E-state index contributed by atoms with van der Waals surface area (Å²) in [6.45, 7) is 2.14. The Kier molecular flexibility index (Phi) is 2.87. The van der Waals surface area contributed by atoms with Crippen molar-refractivity contribution in [1.82, 2.24) is 0 Å². The Bertz CT molecular complexity index is 317. The minimum absolute atomic E-state index is 0.224. The molecule has 0 bridgehead atoms. The van der Waals surface area contributed by atoms with E-state index in [0.717, 1.165) is 6.42 Å². The smallest absolute Gasteiger partial charge is 0.0292 e. The lowest BCUT2D eigenvalue weighted by atomic mass is 9.89. The molecule has 1 nitrogen and oxygen atoms in total. The summed E-state index contributed by atoms with van der Waals surface area (Å²) in [4.78, 5) is 0. The Morgan fingerprint density at radius 1 is 1.21 bits per heavy atom. The molecule has 0 aliphatic heterocycles. The fourth-order valence-corrected chi connectivity index (χ4v) is 2.22. The van der Waals surface area contributed by atoms with Crippen LogP contribution in [0.2, 0.25) is 0 Å². The first-order valence-corrected chi connectivity index (χ1v) is 5.68. The largest absolute Gasteiger partial charge is 0.324 e. The zero-order valence-corrected chi connectivity index (χ0v) is 8.92. The molecule has 2 rings (SSSR count). The third-order valence-corrected chi connectivity index (χ3v) is 3.24. The van der Waals surface area contributed by atoms with Gasteiger partial charge < -0.3 is 5.73 Å². The molecule has 76 valence electrons. The van der Waals surface area contributed by atoms with E-state index in [-0.39, 0.29) is 6.04 Å². The van der Waals surface area contributed by atoms with E-state index in [4.69, 9.17) is 5.73 Å². The number of benzene rings is 1. The van der Waals surface area contributed by atoms with Gasteiger partial charge in [0, 0.05) is 6.04 Å². The van der Waals surface area contributed by atoms with Crippen LogP contribution in [0.4, 0.5) is 0 Å². The van der Waals surface area contributed by atoms with E-state index < -0.39 is 0 Å². The molecule has 0 unspecified atom stereocenters. The van der Waals surface area contributed by atoms with Crippen LogP contribution in [-0.4, -0.2) is 0 Å². The van der Waals surface area contributed by atoms with Crippen molar-refractivity contribution >= 4 is 0 Å². The number of aryl methyl sites for hydroxylation is 2. The average Bonchev–Trinajstić information content (AvgIpc) is 2.27. The highest BCUT2D eigenvalue weighted by atomic mass is 14.6. The molecule has 0 spiro atoms. The molecule has 0 saturated heterocycles. The van der Waals surface area contributed by atoms with Crippen molar-refractivity contribution < 1.29 is 0 Å². The molecule has 1 aromatic carbocycles. The van der Waals surface area contributed by atoms with Crippen molar-refractivity contribution in [3.05, 3.63) is 34.9 Å². The van der Waals surface area contributed by atoms with Crippen molar-refractivity contribution in [3.63, 3.8) is 0 Å². The van der Waals surface area contributed by atoms with Crippen LogP contribution in [0.5, 0.6) is 0 Å². The molecule has 0 amide bonds. The van der Waals surface area contributed by atoms with Crippen LogP contribution in [0.3, 0.4) is 0 Å². The summed E-state index contributed by atoms with van der Waals surface area (Å²) in [6.07, 6.45) is 6.24. The second-order valence-corrected chi connectivity index (χ2v) is 4.25. The number of nitrogens with two attached hydrogens (primary N) is 1. The number of hydrogen-bond donors (Lipinski definition) is 1. The Labute approximate surface area is 86.3 Å². The van der Waals surface area contributed by atoms with E-state index in [0.29, 0.717) is 0 Å². The van der Waals surface area contributed by atoms with Crippen molar-refractivity contribution in [1.29, 1.82) is 0 Å². The predicted octanol–water partition coefficient (Wildman–Crippen LogP) is 2.98. The summed E-state index contributed by atoms with van der Waals surface area (Å²) in [5, 5.41) is 0. The topological polar surface area (TPSA) is 26.0 Å². The molecule has 0 saturated carbocycles. The van der Waals surface area contributed by atoms with E-state index >= 15 is 0 Å². The summed E-state index contributed by atoms with van der Waals surface area (Å²) in [5.41, 5.74) is 10.4. The minimum Gasteiger partial charge on any atom is -0.324 e. The highest BCUT2D eigenvalue weighted by Crippen LogP contribution is 2.24. The summed E-state index contributed by atoms with van der Waals surface area (Å²) in [6, 6.07) is 7.03. The number of hydrogen-bond acceptors (Lipinski definition) is 1. The van der Waals surface area contributed by atoms with Gasteiger partial charge >= 0.3 is 0 Å².